The zero-order valence-corrected chi connectivity index (χ0v) is 49.7. The van der Waals surface area contributed by atoms with Crippen LogP contribution < -0.4 is 0 Å². The first-order valence-corrected chi connectivity index (χ1v) is 32.6. The van der Waals surface area contributed by atoms with Crippen LogP contribution in [0.2, 0.25) is 0 Å². The molecule has 6 nitrogen and oxygen atoms in total. The van der Waals surface area contributed by atoms with Crippen molar-refractivity contribution in [2.45, 2.75) is 375 Å². The lowest BCUT2D eigenvalue weighted by molar-refractivity contribution is -0.167. The van der Waals surface area contributed by atoms with Crippen molar-refractivity contribution in [1.29, 1.82) is 0 Å². The average Bonchev–Trinajstić information content (AvgIpc) is 3.34. The number of carbonyl (C=O) groups is 3. The van der Waals surface area contributed by atoms with Gasteiger partial charge in [0.05, 0.1) is 0 Å². The second-order valence-corrected chi connectivity index (χ2v) is 24.2. The molecular formula is C66H128O6. The second-order valence-electron chi connectivity index (χ2n) is 24.2. The van der Waals surface area contributed by atoms with Gasteiger partial charge >= 0.3 is 17.9 Å². The van der Waals surface area contributed by atoms with Crippen molar-refractivity contribution < 1.29 is 28.6 Å². The van der Waals surface area contributed by atoms with Crippen molar-refractivity contribution in [2.24, 2.45) is 17.8 Å². The van der Waals surface area contributed by atoms with Crippen LogP contribution in [0.5, 0.6) is 0 Å². The van der Waals surface area contributed by atoms with E-state index in [2.05, 4.69) is 41.5 Å². The molecule has 0 bridgehead atoms. The third-order valence-electron chi connectivity index (χ3n) is 15.1. The molecule has 72 heavy (non-hydrogen) atoms. The number of unbranched alkanes of at least 4 members (excludes halogenated alkanes) is 42. The molecule has 0 saturated carbocycles. The third-order valence-corrected chi connectivity index (χ3v) is 15.1. The van der Waals surface area contributed by atoms with Crippen molar-refractivity contribution in [3.63, 3.8) is 0 Å². The van der Waals surface area contributed by atoms with Crippen LogP contribution in [0, 0.1) is 17.8 Å². The lowest BCUT2D eigenvalue weighted by Crippen LogP contribution is -2.30. The van der Waals surface area contributed by atoms with Crippen LogP contribution in [0.1, 0.15) is 369 Å². The lowest BCUT2D eigenvalue weighted by Gasteiger charge is -2.18. The molecule has 0 radical (unpaired) electrons. The minimum absolute atomic E-state index is 0.0626. The molecule has 428 valence electrons. The Bertz CT molecular complexity index is 1120. The van der Waals surface area contributed by atoms with Crippen LogP contribution in [0.4, 0.5) is 0 Å². The Kier molecular flexibility index (Phi) is 55.9. The molecule has 0 aliphatic carbocycles. The summed E-state index contributed by atoms with van der Waals surface area (Å²) >= 11 is 0. The Labute approximate surface area is 450 Å². The predicted molar refractivity (Wildman–Crippen MR) is 312 cm³/mol. The molecule has 0 aliphatic rings. The van der Waals surface area contributed by atoms with Crippen LogP contribution in [-0.4, -0.2) is 37.2 Å². The average molecular weight is 1020 g/mol. The standard InChI is InChI=1S/C66H128O6/c1-60(2)52-46-40-34-28-22-17-13-9-7-8-10-15-19-25-31-37-43-49-55-64(67)70-58-63(72-66(69)57-51-45-39-33-27-21-24-30-36-42-48-54-62(5)6)59-71-65(68)56-50-44-38-32-26-20-16-12-11-14-18-23-29-35-41-47-53-61(3)4/h60-63H,7-59H2,1-6H3/t63-/m1/s1. The summed E-state index contributed by atoms with van der Waals surface area (Å²) in [6.45, 7) is 13.8. The van der Waals surface area contributed by atoms with Gasteiger partial charge in [-0.1, -0.05) is 330 Å². The summed E-state index contributed by atoms with van der Waals surface area (Å²) in [4.78, 5) is 38.3. The topological polar surface area (TPSA) is 78.9 Å². The van der Waals surface area contributed by atoms with Crippen LogP contribution >= 0.6 is 0 Å². The van der Waals surface area contributed by atoms with Crippen molar-refractivity contribution in [3.05, 3.63) is 0 Å². The lowest BCUT2D eigenvalue weighted by atomic mass is 10.0. The normalized spacial score (nSPS) is 12.1. The summed E-state index contributed by atoms with van der Waals surface area (Å²) in [6.07, 6.45) is 62.5. The Morgan fingerprint density at radius 2 is 0.403 bits per heavy atom. The smallest absolute Gasteiger partial charge is 0.306 e. The van der Waals surface area contributed by atoms with Crippen molar-refractivity contribution in [2.75, 3.05) is 13.2 Å². The number of carbonyl (C=O) groups excluding carboxylic acids is 3. The fourth-order valence-corrected chi connectivity index (χ4v) is 10.2. The zero-order chi connectivity index (χ0) is 52.6. The Balaban J connectivity index is 4.25. The zero-order valence-electron chi connectivity index (χ0n) is 49.7. The molecule has 6 heteroatoms. The molecule has 0 aliphatic heterocycles. The first-order valence-electron chi connectivity index (χ1n) is 32.6. The molecule has 0 aromatic rings. The maximum Gasteiger partial charge on any atom is 0.306 e. The van der Waals surface area contributed by atoms with Gasteiger partial charge in [0.1, 0.15) is 13.2 Å². The number of esters is 3. The van der Waals surface area contributed by atoms with E-state index in [0.717, 1.165) is 75.5 Å². The highest BCUT2D eigenvalue weighted by Gasteiger charge is 2.19. The molecule has 0 aromatic carbocycles. The van der Waals surface area contributed by atoms with Gasteiger partial charge < -0.3 is 14.2 Å². The van der Waals surface area contributed by atoms with E-state index in [1.165, 1.54) is 250 Å². The summed E-state index contributed by atoms with van der Waals surface area (Å²) in [6, 6.07) is 0. The first-order chi connectivity index (χ1) is 35.1. The van der Waals surface area contributed by atoms with E-state index >= 15 is 0 Å². The highest BCUT2D eigenvalue weighted by atomic mass is 16.6. The van der Waals surface area contributed by atoms with Gasteiger partial charge in [0.15, 0.2) is 6.10 Å². The summed E-state index contributed by atoms with van der Waals surface area (Å²) in [5, 5.41) is 0. The summed E-state index contributed by atoms with van der Waals surface area (Å²) < 4.78 is 17.0. The van der Waals surface area contributed by atoms with Crippen molar-refractivity contribution in [1.82, 2.24) is 0 Å². The molecular weight excluding hydrogens is 889 g/mol. The molecule has 0 amide bonds. The Hall–Kier alpha value is -1.59. The van der Waals surface area contributed by atoms with E-state index in [-0.39, 0.29) is 31.1 Å². The van der Waals surface area contributed by atoms with Gasteiger partial charge in [0.25, 0.3) is 0 Å². The van der Waals surface area contributed by atoms with Gasteiger partial charge in [0, 0.05) is 19.3 Å². The number of rotatable bonds is 59. The molecule has 0 unspecified atom stereocenters. The quantitative estimate of drug-likeness (QED) is 0.0343. The minimum Gasteiger partial charge on any atom is -0.462 e. The van der Waals surface area contributed by atoms with Gasteiger partial charge in [-0.2, -0.15) is 0 Å². The number of hydrogen-bond acceptors (Lipinski definition) is 6. The first kappa shape index (κ1) is 70.4. The van der Waals surface area contributed by atoms with Crippen molar-refractivity contribution >= 4 is 17.9 Å². The SMILES string of the molecule is CC(C)CCCCCCCCCCCCCCCCCCCCC(=O)OC[C@H](COC(=O)CCCCCCCCCCCCCCCCCCC(C)C)OC(=O)CCCCCCCCCCCCCC(C)C. The largest absolute Gasteiger partial charge is 0.462 e. The molecule has 0 heterocycles. The summed E-state index contributed by atoms with van der Waals surface area (Å²) in [5.74, 6) is 1.70. The molecule has 0 saturated heterocycles. The summed E-state index contributed by atoms with van der Waals surface area (Å²) in [5.41, 5.74) is 0. The van der Waals surface area contributed by atoms with E-state index < -0.39 is 6.10 Å². The third kappa shape index (κ3) is 59.3. The van der Waals surface area contributed by atoms with Gasteiger partial charge in [-0.15, -0.1) is 0 Å². The van der Waals surface area contributed by atoms with Crippen LogP contribution in [0.3, 0.4) is 0 Å². The molecule has 1 atom stereocenters. The van der Waals surface area contributed by atoms with E-state index in [0.29, 0.717) is 19.3 Å². The van der Waals surface area contributed by atoms with Gasteiger partial charge in [-0.25, -0.2) is 0 Å². The maximum atomic E-state index is 12.9. The number of hydrogen-bond donors (Lipinski definition) is 0. The molecule has 0 spiro atoms. The van der Waals surface area contributed by atoms with Gasteiger partial charge in [-0.05, 0) is 37.0 Å². The fourth-order valence-electron chi connectivity index (χ4n) is 10.2. The van der Waals surface area contributed by atoms with Crippen LogP contribution in [-0.2, 0) is 28.6 Å². The molecule has 0 fully saturated rings. The highest BCUT2D eigenvalue weighted by Crippen LogP contribution is 2.19. The fraction of sp³-hybridized carbons (Fsp3) is 0.955. The van der Waals surface area contributed by atoms with Gasteiger partial charge in [0.2, 0.25) is 0 Å². The van der Waals surface area contributed by atoms with Crippen LogP contribution in [0.15, 0.2) is 0 Å². The Morgan fingerprint density at radius 3 is 0.597 bits per heavy atom. The Morgan fingerprint density at radius 1 is 0.236 bits per heavy atom. The number of ether oxygens (including phenoxy) is 3. The maximum absolute atomic E-state index is 12.9. The molecule has 0 aromatic heterocycles. The highest BCUT2D eigenvalue weighted by molar-refractivity contribution is 5.71. The minimum atomic E-state index is -0.765. The molecule has 0 rings (SSSR count). The monoisotopic (exact) mass is 1020 g/mol. The van der Waals surface area contributed by atoms with E-state index in [1.54, 1.807) is 0 Å². The molecule has 0 N–H and O–H groups in total. The second kappa shape index (κ2) is 57.1. The van der Waals surface area contributed by atoms with E-state index in [4.69, 9.17) is 14.2 Å². The van der Waals surface area contributed by atoms with Crippen LogP contribution in [0.25, 0.3) is 0 Å². The van der Waals surface area contributed by atoms with E-state index in [1.807, 2.05) is 0 Å². The van der Waals surface area contributed by atoms with Gasteiger partial charge in [-0.3, -0.25) is 14.4 Å². The summed E-state index contributed by atoms with van der Waals surface area (Å²) in [7, 11) is 0. The predicted octanol–water partition coefficient (Wildman–Crippen LogP) is 21.8. The van der Waals surface area contributed by atoms with Crippen molar-refractivity contribution in [3.8, 4) is 0 Å². The van der Waals surface area contributed by atoms with E-state index in [9.17, 15) is 14.4 Å².